The van der Waals surface area contributed by atoms with Crippen molar-refractivity contribution in [2.75, 3.05) is 13.7 Å². The Labute approximate surface area is 142 Å². The van der Waals surface area contributed by atoms with Gasteiger partial charge in [0.2, 0.25) is 0 Å². The minimum absolute atomic E-state index is 0.0472. The smallest absolute Gasteiger partial charge is 0.324 e. The van der Waals surface area contributed by atoms with Crippen LogP contribution >= 0.6 is 0 Å². The summed E-state index contributed by atoms with van der Waals surface area (Å²) in [5.74, 6) is -0.882. The van der Waals surface area contributed by atoms with E-state index in [0.717, 1.165) is 31.2 Å². The number of aliphatic carboxylic acids is 1. The summed E-state index contributed by atoms with van der Waals surface area (Å²) in [6.07, 6.45) is 4.77. The van der Waals surface area contributed by atoms with Crippen molar-refractivity contribution in [1.29, 1.82) is 0 Å². The number of hydrogen-bond acceptors (Lipinski definition) is 3. The zero-order valence-corrected chi connectivity index (χ0v) is 14.1. The molecule has 0 aromatic heterocycles. The molecule has 1 aromatic carbocycles. The number of hydrogen-bond donors (Lipinski definition) is 2. The number of carbonyl (C=O) groups is 1. The Bertz CT molecular complexity index is 600. The highest BCUT2D eigenvalue weighted by molar-refractivity contribution is 5.79. The van der Waals surface area contributed by atoms with Gasteiger partial charge in [0.15, 0.2) is 0 Å². The molecule has 1 aromatic rings. The molecule has 2 aliphatic carbocycles. The maximum atomic E-state index is 13.6. The minimum atomic E-state index is -0.776. The lowest BCUT2D eigenvalue weighted by Gasteiger charge is -2.39. The molecule has 3 atom stereocenters. The summed E-state index contributed by atoms with van der Waals surface area (Å²) < 4.78 is 13.6. The number of likely N-dealkylation sites (N-methyl/N-ethyl adjacent to an activating group) is 1. The van der Waals surface area contributed by atoms with Crippen molar-refractivity contribution in [3.63, 3.8) is 0 Å². The van der Waals surface area contributed by atoms with Gasteiger partial charge >= 0.3 is 5.97 Å². The normalized spacial score (nSPS) is 29.2. The van der Waals surface area contributed by atoms with Gasteiger partial charge in [0.05, 0.1) is 0 Å². The van der Waals surface area contributed by atoms with Crippen LogP contribution in [0.3, 0.4) is 0 Å². The number of aliphatic hydroxyl groups is 1. The van der Waals surface area contributed by atoms with Crippen LogP contribution in [0.2, 0.25) is 0 Å². The molecule has 0 aliphatic heterocycles. The molecule has 24 heavy (non-hydrogen) atoms. The van der Waals surface area contributed by atoms with Crippen LogP contribution in [0.1, 0.15) is 50.0 Å². The second-order valence-electron chi connectivity index (χ2n) is 7.38. The lowest BCUT2D eigenvalue weighted by molar-refractivity contribution is -0.152. The van der Waals surface area contributed by atoms with Gasteiger partial charge in [-0.3, -0.25) is 9.69 Å². The van der Waals surface area contributed by atoms with Gasteiger partial charge in [0, 0.05) is 12.6 Å². The summed E-state index contributed by atoms with van der Waals surface area (Å²) in [7, 11) is 1.91. The second-order valence-corrected chi connectivity index (χ2v) is 7.38. The maximum Gasteiger partial charge on any atom is 0.324 e. The number of nitrogens with zero attached hydrogens (tertiary/aromatic N) is 1. The van der Waals surface area contributed by atoms with Crippen LogP contribution in [0.4, 0.5) is 4.39 Å². The largest absolute Gasteiger partial charge is 0.480 e. The van der Waals surface area contributed by atoms with Crippen molar-refractivity contribution < 1.29 is 19.4 Å². The van der Waals surface area contributed by atoms with E-state index >= 15 is 0 Å². The van der Waals surface area contributed by atoms with Crippen LogP contribution in [0, 0.1) is 11.7 Å². The van der Waals surface area contributed by atoms with Gasteiger partial charge in [-0.05, 0) is 62.3 Å². The molecule has 4 nitrogen and oxygen atoms in total. The van der Waals surface area contributed by atoms with Crippen molar-refractivity contribution in [2.24, 2.45) is 5.92 Å². The third kappa shape index (κ3) is 2.95. The molecule has 2 fully saturated rings. The first-order chi connectivity index (χ1) is 11.5. The molecule has 3 rings (SSSR count). The quantitative estimate of drug-likeness (QED) is 0.868. The molecule has 0 spiro atoms. The van der Waals surface area contributed by atoms with E-state index in [-0.39, 0.29) is 30.3 Å². The van der Waals surface area contributed by atoms with Gasteiger partial charge in [-0.2, -0.15) is 0 Å². The Morgan fingerprint density at radius 1 is 1.33 bits per heavy atom. The molecule has 132 valence electrons. The molecule has 0 saturated heterocycles. The first kappa shape index (κ1) is 17.4. The number of rotatable bonds is 5. The van der Waals surface area contributed by atoms with Crippen molar-refractivity contribution in [3.8, 4) is 0 Å². The molecule has 0 bridgehead atoms. The van der Waals surface area contributed by atoms with E-state index in [9.17, 15) is 19.4 Å². The van der Waals surface area contributed by atoms with Crippen LogP contribution in [-0.4, -0.2) is 46.3 Å². The predicted molar refractivity (Wildman–Crippen MR) is 89.3 cm³/mol. The predicted octanol–water partition coefficient (Wildman–Crippen LogP) is 3.01. The summed E-state index contributed by atoms with van der Waals surface area (Å²) in [6.45, 7) is 0.0472. The number of carboxylic acids is 1. The SMILES string of the molecule is CN(C1CC(CO)C(c2cccc(F)c2)C1)C1(C(=O)O)CCCC1. The summed E-state index contributed by atoms with van der Waals surface area (Å²) in [5, 5.41) is 19.6. The summed E-state index contributed by atoms with van der Waals surface area (Å²) in [6, 6.07) is 6.67. The van der Waals surface area contributed by atoms with E-state index in [1.165, 1.54) is 12.1 Å². The van der Waals surface area contributed by atoms with E-state index < -0.39 is 11.5 Å². The molecule has 0 heterocycles. The highest BCUT2D eigenvalue weighted by atomic mass is 19.1. The Balaban J connectivity index is 1.82. The standard InChI is InChI=1S/C19H26FNO3/c1-21(19(18(23)24)7-2-3-8-19)16-10-14(12-22)17(11-16)13-5-4-6-15(20)9-13/h4-6,9,14,16-17,22H,2-3,7-8,10-12H2,1H3,(H,23,24). The topological polar surface area (TPSA) is 60.8 Å². The number of halogens is 1. The fraction of sp³-hybridized carbons (Fsp3) is 0.632. The highest BCUT2D eigenvalue weighted by Crippen LogP contribution is 2.45. The van der Waals surface area contributed by atoms with Gasteiger partial charge in [-0.15, -0.1) is 0 Å². The number of carboxylic acid groups (broad SMARTS) is 1. The van der Waals surface area contributed by atoms with E-state index in [1.54, 1.807) is 6.07 Å². The number of benzene rings is 1. The van der Waals surface area contributed by atoms with Crippen molar-refractivity contribution in [1.82, 2.24) is 4.90 Å². The van der Waals surface area contributed by atoms with Crippen molar-refractivity contribution in [2.45, 2.75) is 56.0 Å². The molecular weight excluding hydrogens is 309 g/mol. The lowest BCUT2D eigenvalue weighted by atomic mass is 9.89. The Morgan fingerprint density at radius 2 is 2.04 bits per heavy atom. The lowest BCUT2D eigenvalue weighted by Crippen LogP contribution is -2.54. The van der Waals surface area contributed by atoms with E-state index in [0.29, 0.717) is 12.8 Å². The van der Waals surface area contributed by atoms with Gasteiger partial charge < -0.3 is 10.2 Å². The second kappa shape index (κ2) is 6.81. The Kier molecular flexibility index (Phi) is 4.92. The zero-order chi connectivity index (χ0) is 17.3. The molecule has 0 amide bonds. The zero-order valence-electron chi connectivity index (χ0n) is 14.1. The third-order valence-electron chi connectivity index (χ3n) is 6.23. The Morgan fingerprint density at radius 3 is 2.62 bits per heavy atom. The third-order valence-corrected chi connectivity index (χ3v) is 6.23. The van der Waals surface area contributed by atoms with Gasteiger partial charge in [0.25, 0.3) is 0 Å². The average Bonchev–Trinajstić information content (AvgIpc) is 3.22. The maximum absolute atomic E-state index is 13.6. The molecule has 2 saturated carbocycles. The summed E-state index contributed by atoms with van der Waals surface area (Å²) >= 11 is 0. The molecular formula is C19H26FNO3. The van der Waals surface area contributed by atoms with Crippen LogP contribution < -0.4 is 0 Å². The summed E-state index contributed by atoms with van der Waals surface area (Å²) in [5.41, 5.74) is 0.127. The Hall–Kier alpha value is -1.46. The van der Waals surface area contributed by atoms with E-state index in [4.69, 9.17) is 0 Å². The van der Waals surface area contributed by atoms with E-state index in [2.05, 4.69) is 0 Å². The van der Waals surface area contributed by atoms with Crippen LogP contribution in [-0.2, 0) is 4.79 Å². The van der Waals surface area contributed by atoms with E-state index in [1.807, 2.05) is 18.0 Å². The van der Waals surface area contributed by atoms with Crippen molar-refractivity contribution >= 4 is 5.97 Å². The minimum Gasteiger partial charge on any atom is -0.480 e. The van der Waals surface area contributed by atoms with Crippen LogP contribution in [0.15, 0.2) is 24.3 Å². The van der Waals surface area contributed by atoms with Crippen molar-refractivity contribution in [3.05, 3.63) is 35.6 Å². The molecule has 0 radical (unpaired) electrons. The van der Waals surface area contributed by atoms with Crippen LogP contribution in [0.5, 0.6) is 0 Å². The first-order valence-corrected chi connectivity index (χ1v) is 8.80. The van der Waals surface area contributed by atoms with Gasteiger partial charge in [-0.25, -0.2) is 4.39 Å². The number of aliphatic hydroxyl groups excluding tert-OH is 1. The van der Waals surface area contributed by atoms with Gasteiger partial charge in [0.1, 0.15) is 11.4 Å². The first-order valence-electron chi connectivity index (χ1n) is 8.80. The average molecular weight is 335 g/mol. The van der Waals surface area contributed by atoms with Gasteiger partial charge in [-0.1, -0.05) is 25.0 Å². The summed E-state index contributed by atoms with van der Waals surface area (Å²) in [4.78, 5) is 14.0. The van der Waals surface area contributed by atoms with Crippen LogP contribution in [0.25, 0.3) is 0 Å². The molecule has 3 unspecified atom stereocenters. The highest BCUT2D eigenvalue weighted by Gasteiger charge is 2.49. The monoisotopic (exact) mass is 335 g/mol. The molecule has 2 aliphatic rings. The fourth-order valence-corrected chi connectivity index (χ4v) is 4.79. The fourth-order valence-electron chi connectivity index (χ4n) is 4.79. The molecule has 5 heteroatoms. The molecule has 2 N–H and O–H groups in total.